The lowest BCUT2D eigenvalue weighted by molar-refractivity contribution is 0.176. The van der Waals surface area contributed by atoms with Gasteiger partial charge < -0.3 is 9.80 Å². The van der Waals surface area contributed by atoms with E-state index in [9.17, 15) is 4.79 Å². The van der Waals surface area contributed by atoms with Crippen LogP contribution in [0.5, 0.6) is 0 Å². The molecular formula is C18H30N4O. The largest absolute Gasteiger partial charge is 0.331 e. The number of nitrogens with zero attached hydrogens (tertiary/aromatic N) is 4. The molecular weight excluding hydrogens is 288 g/mol. The summed E-state index contributed by atoms with van der Waals surface area (Å²) < 4.78 is 0. The minimum absolute atomic E-state index is 0.156. The molecule has 2 saturated heterocycles. The van der Waals surface area contributed by atoms with Crippen LogP contribution < -0.4 is 0 Å². The summed E-state index contributed by atoms with van der Waals surface area (Å²) in [4.78, 5) is 21.9. The van der Waals surface area contributed by atoms with Crippen LogP contribution >= 0.6 is 0 Å². The number of urea groups is 1. The molecule has 1 aliphatic carbocycles. The first-order chi connectivity index (χ1) is 11.1. The van der Waals surface area contributed by atoms with E-state index in [0.29, 0.717) is 0 Å². The van der Waals surface area contributed by atoms with Crippen LogP contribution in [0.2, 0.25) is 0 Å². The summed E-state index contributed by atoms with van der Waals surface area (Å²) >= 11 is 0. The van der Waals surface area contributed by atoms with E-state index in [1.807, 2.05) is 19.0 Å². The zero-order valence-corrected chi connectivity index (χ0v) is 14.6. The maximum Gasteiger partial charge on any atom is 0.319 e. The van der Waals surface area contributed by atoms with Crippen LogP contribution in [0.1, 0.15) is 38.5 Å². The molecule has 5 heteroatoms. The highest BCUT2D eigenvalue weighted by Gasteiger charge is 2.42. The molecule has 0 aromatic heterocycles. The fourth-order valence-corrected chi connectivity index (χ4v) is 4.90. The number of carbonyl (C=O) groups excluding carboxylic acids is 1. The normalized spacial score (nSPS) is 33.7. The maximum absolute atomic E-state index is 12.1. The average Bonchev–Trinajstić information content (AvgIpc) is 3.20. The van der Waals surface area contributed by atoms with Gasteiger partial charge in [-0.15, -0.1) is 0 Å². The molecule has 0 radical (unpaired) electrons. The van der Waals surface area contributed by atoms with Crippen molar-refractivity contribution >= 4 is 6.03 Å². The van der Waals surface area contributed by atoms with Gasteiger partial charge in [0, 0.05) is 46.7 Å². The lowest BCUT2D eigenvalue weighted by atomic mass is 9.99. The second kappa shape index (κ2) is 7.09. The predicted molar refractivity (Wildman–Crippen MR) is 90.8 cm³/mol. The fraction of sp³-hybridized carbons (Fsp3) is 0.889. The van der Waals surface area contributed by atoms with Gasteiger partial charge in [-0.05, 0) is 49.9 Å². The van der Waals surface area contributed by atoms with Crippen LogP contribution in [0.3, 0.4) is 0 Å². The number of amides is 2. The molecule has 3 fully saturated rings. The lowest BCUT2D eigenvalue weighted by Gasteiger charge is -2.23. The third-order valence-corrected chi connectivity index (χ3v) is 6.04. The van der Waals surface area contributed by atoms with Gasteiger partial charge in [-0.1, -0.05) is 0 Å². The van der Waals surface area contributed by atoms with Gasteiger partial charge in [-0.25, -0.2) is 16.3 Å². The number of hydrogen-bond acceptors (Lipinski definition) is 2. The number of hydrogen-bond donors (Lipinski definition) is 0. The molecule has 3 aliphatic rings. The molecule has 1 unspecified atom stereocenters. The molecule has 0 aromatic rings. The van der Waals surface area contributed by atoms with E-state index >= 15 is 0 Å². The molecule has 4 atom stereocenters. The topological polar surface area (TPSA) is 31.1 Å². The van der Waals surface area contributed by atoms with Crippen LogP contribution in [-0.4, -0.2) is 67.2 Å². The summed E-state index contributed by atoms with van der Waals surface area (Å²) in [6, 6.07) is 0.176. The van der Waals surface area contributed by atoms with Gasteiger partial charge in [-0.3, -0.25) is 4.85 Å². The van der Waals surface area contributed by atoms with Crippen molar-refractivity contribution in [1.82, 2.24) is 14.7 Å². The van der Waals surface area contributed by atoms with Crippen molar-refractivity contribution in [3.63, 3.8) is 0 Å². The van der Waals surface area contributed by atoms with E-state index in [2.05, 4.69) is 9.74 Å². The molecule has 0 spiro atoms. The second-order valence-electron chi connectivity index (χ2n) is 7.87. The minimum Gasteiger partial charge on any atom is -0.331 e. The van der Waals surface area contributed by atoms with E-state index < -0.39 is 0 Å². The standard InChI is InChI=1S/C18H30N4O/c1-19-17-7-5-9-21(17)8-4-6-14-10-15-12-22(13-16(15)11-14)18(23)20(2)3/h14-17H,4-13H2,2-3H3/t14?,15-,16+,17-/m0/s1. The molecule has 0 bridgehead atoms. The third-order valence-electron chi connectivity index (χ3n) is 6.04. The van der Waals surface area contributed by atoms with Crippen LogP contribution in [0.25, 0.3) is 4.85 Å². The van der Waals surface area contributed by atoms with Crippen LogP contribution in [0.4, 0.5) is 4.79 Å². The smallest absolute Gasteiger partial charge is 0.319 e. The Bertz CT molecular complexity index is 458. The molecule has 0 N–H and O–H groups in total. The highest BCUT2D eigenvalue weighted by Crippen LogP contribution is 2.43. The van der Waals surface area contributed by atoms with Gasteiger partial charge in [0.15, 0.2) is 0 Å². The van der Waals surface area contributed by atoms with E-state index in [4.69, 9.17) is 6.57 Å². The van der Waals surface area contributed by atoms with Crippen molar-refractivity contribution < 1.29 is 4.79 Å². The van der Waals surface area contributed by atoms with Crippen molar-refractivity contribution in [2.75, 3.05) is 40.3 Å². The Morgan fingerprint density at radius 2 is 1.96 bits per heavy atom. The summed E-state index contributed by atoms with van der Waals surface area (Å²) in [5.74, 6) is 2.30. The van der Waals surface area contributed by atoms with E-state index in [1.165, 1.54) is 32.1 Å². The van der Waals surface area contributed by atoms with Crippen LogP contribution in [0.15, 0.2) is 0 Å². The summed E-state index contributed by atoms with van der Waals surface area (Å²) in [6.07, 6.45) is 7.54. The van der Waals surface area contributed by atoms with Gasteiger partial charge >= 0.3 is 6.03 Å². The van der Waals surface area contributed by atoms with Crippen molar-refractivity contribution in [3.05, 3.63) is 11.4 Å². The Kier molecular flexibility index (Phi) is 5.11. The van der Waals surface area contributed by atoms with E-state index in [0.717, 1.165) is 50.4 Å². The summed E-state index contributed by atoms with van der Waals surface area (Å²) in [6.45, 7) is 11.4. The van der Waals surface area contributed by atoms with Gasteiger partial charge in [-0.2, -0.15) is 0 Å². The summed E-state index contributed by atoms with van der Waals surface area (Å²) in [7, 11) is 3.68. The first kappa shape index (κ1) is 16.6. The molecule has 2 heterocycles. The summed E-state index contributed by atoms with van der Waals surface area (Å²) in [5, 5.41) is 0. The maximum atomic E-state index is 12.1. The van der Waals surface area contributed by atoms with E-state index in [1.54, 1.807) is 4.90 Å². The molecule has 1 saturated carbocycles. The molecule has 128 valence electrons. The monoisotopic (exact) mass is 318 g/mol. The zero-order chi connectivity index (χ0) is 16.4. The van der Waals surface area contributed by atoms with Crippen LogP contribution in [0, 0.1) is 24.3 Å². The first-order valence-corrected chi connectivity index (χ1v) is 9.15. The number of likely N-dealkylation sites (tertiary alicyclic amines) is 2. The van der Waals surface area contributed by atoms with Gasteiger partial charge in [0.25, 0.3) is 6.17 Å². The Labute approximate surface area is 140 Å². The molecule has 3 rings (SSSR count). The Morgan fingerprint density at radius 3 is 2.57 bits per heavy atom. The zero-order valence-electron chi connectivity index (χ0n) is 14.6. The van der Waals surface area contributed by atoms with Gasteiger partial charge in [0.1, 0.15) is 0 Å². The predicted octanol–water partition coefficient (Wildman–Crippen LogP) is 2.75. The molecule has 2 aliphatic heterocycles. The molecule has 0 aromatic carbocycles. The number of fused-ring (bicyclic) bond motifs is 1. The SMILES string of the molecule is [C-]#[N+][C@@H]1CCCN1CCCC1C[C@@H]2CN(C(=O)N(C)C)C[C@@H]2C1. The average molecular weight is 318 g/mol. The number of rotatable bonds is 4. The third kappa shape index (κ3) is 3.63. The highest BCUT2D eigenvalue weighted by molar-refractivity contribution is 5.74. The molecule has 2 amide bonds. The first-order valence-electron chi connectivity index (χ1n) is 9.15. The number of carbonyl (C=O) groups is 1. The Hall–Kier alpha value is -1.28. The fourth-order valence-electron chi connectivity index (χ4n) is 4.90. The second-order valence-corrected chi connectivity index (χ2v) is 7.87. The quantitative estimate of drug-likeness (QED) is 0.746. The highest BCUT2D eigenvalue weighted by atomic mass is 16.2. The van der Waals surface area contributed by atoms with Crippen LogP contribution in [-0.2, 0) is 0 Å². The van der Waals surface area contributed by atoms with Gasteiger partial charge in [0.05, 0.1) is 0 Å². The molecule has 5 nitrogen and oxygen atoms in total. The van der Waals surface area contributed by atoms with Crippen molar-refractivity contribution in [2.45, 2.75) is 44.7 Å². The molecule has 23 heavy (non-hydrogen) atoms. The summed E-state index contributed by atoms with van der Waals surface area (Å²) in [5.41, 5.74) is 0. The van der Waals surface area contributed by atoms with Crippen molar-refractivity contribution in [3.8, 4) is 0 Å². The van der Waals surface area contributed by atoms with Gasteiger partial charge in [0.2, 0.25) is 0 Å². The minimum atomic E-state index is 0.156. The Balaban J connectivity index is 1.38. The van der Waals surface area contributed by atoms with Crippen molar-refractivity contribution in [1.29, 1.82) is 0 Å². The van der Waals surface area contributed by atoms with Crippen molar-refractivity contribution in [2.24, 2.45) is 17.8 Å². The Morgan fingerprint density at radius 1 is 1.26 bits per heavy atom. The van der Waals surface area contributed by atoms with E-state index in [-0.39, 0.29) is 12.2 Å². The lowest BCUT2D eigenvalue weighted by Crippen LogP contribution is -2.38.